The second-order valence-corrected chi connectivity index (χ2v) is 7.40. The average molecular weight is 299 g/mol. The second-order valence-electron chi connectivity index (χ2n) is 7.40. The van der Waals surface area contributed by atoms with Crippen LogP contribution < -0.4 is 5.32 Å². The summed E-state index contributed by atoms with van der Waals surface area (Å²) in [6, 6.07) is -0.346. The second kappa shape index (κ2) is 7.92. The number of rotatable bonds is 6. The first-order valence-electron chi connectivity index (χ1n) is 8.18. The summed E-state index contributed by atoms with van der Waals surface area (Å²) in [4.78, 5) is 24.5. The van der Waals surface area contributed by atoms with Crippen molar-refractivity contribution in [1.82, 2.24) is 5.32 Å². The molecule has 0 aliphatic heterocycles. The molecule has 1 aliphatic rings. The molecular formula is C17H33NO3. The molecule has 21 heavy (non-hydrogen) atoms. The number of ketones is 1. The van der Waals surface area contributed by atoms with Gasteiger partial charge >= 0.3 is 0 Å². The number of hydrogen-bond donors (Lipinski definition) is 1. The van der Waals surface area contributed by atoms with Gasteiger partial charge in [-0.3, -0.25) is 9.59 Å². The predicted molar refractivity (Wildman–Crippen MR) is 86.2 cm³/mol. The van der Waals surface area contributed by atoms with Crippen LogP contribution in [0.3, 0.4) is 0 Å². The van der Waals surface area contributed by atoms with Gasteiger partial charge in [-0.2, -0.15) is 0 Å². The fourth-order valence-electron chi connectivity index (χ4n) is 2.75. The van der Waals surface area contributed by atoms with Crippen LogP contribution in [0.5, 0.6) is 0 Å². The highest BCUT2D eigenvalue weighted by Gasteiger charge is 2.32. The highest BCUT2D eigenvalue weighted by Crippen LogP contribution is 2.28. The van der Waals surface area contributed by atoms with Crippen molar-refractivity contribution in [2.75, 3.05) is 6.61 Å². The number of hydrogen-bond acceptors (Lipinski definition) is 3. The molecule has 0 aromatic heterocycles. The smallest absolute Gasteiger partial charge is 0.246 e. The molecule has 1 atom stereocenters. The van der Waals surface area contributed by atoms with E-state index in [0.717, 1.165) is 25.7 Å². The zero-order valence-corrected chi connectivity index (χ0v) is 14.2. The van der Waals surface area contributed by atoms with E-state index in [1.807, 2.05) is 34.6 Å². The molecule has 0 unspecified atom stereocenters. The molecule has 1 fully saturated rings. The molecule has 0 heterocycles. The van der Waals surface area contributed by atoms with Crippen molar-refractivity contribution in [2.45, 2.75) is 78.4 Å². The lowest BCUT2D eigenvalue weighted by Crippen LogP contribution is -2.49. The van der Waals surface area contributed by atoms with Crippen LogP contribution in [0.25, 0.3) is 0 Å². The normalized spacial score (nSPS) is 18.6. The van der Waals surface area contributed by atoms with Crippen LogP contribution in [0, 0.1) is 11.8 Å². The highest BCUT2D eigenvalue weighted by molar-refractivity contribution is 5.90. The summed E-state index contributed by atoms with van der Waals surface area (Å²) in [6.07, 6.45) is 5.61. The van der Waals surface area contributed by atoms with Gasteiger partial charge in [0.1, 0.15) is 6.61 Å². The number of nitrogens with one attached hydrogen (secondary N) is 1. The van der Waals surface area contributed by atoms with E-state index in [9.17, 15) is 9.59 Å². The lowest BCUT2D eigenvalue weighted by atomic mass is 9.80. The van der Waals surface area contributed by atoms with E-state index in [1.165, 1.54) is 6.42 Å². The van der Waals surface area contributed by atoms with Gasteiger partial charge in [0.2, 0.25) is 5.91 Å². The fraction of sp³-hybridized carbons (Fsp3) is 0.882. The highest BCUT2D eigenvalue weighted by atomic mass is 16.5. The van der Waals surface area contributed by atoms with E-state index >= 15 is 0 Å². The number of carbonyl (C=O) groups excluding carboxylic acids is 2. The van der Waals surface area contributed by atoms with Gasteiger partial charge in [-0.25, -0.2) is 0 Å². The van der Waals surface area contributed by atoms with Crippen molar-refractivity contribution in [3.8, 4) is 0 Å². The Morgan fingerprint density at radius 3 is 2.24 bits per heavy atom. The summed E-state index contributed by atoms with van der Waals surface area (Å²) in [7, 11) is 0. The maximum atomic E-state index is 12.4. The zero-order chi connectivity index (χ0) is 16.0. The largest absolute Gasteiger partial charge is 0.366 e. The van der Waals surface area contributed by atoms with Crippen LogP contribution >= 0.6 is 0 Å². The number of ether oxygens (including phenoxy) is 1. The van der Waals surface area contributed by atoms with Crippen LogP contribution in [0.2, 0.25) is 0 Å². The van der Waals surface area contributed by atoms with E-state index in [1.54, 1.807) is 0 Å². The van der Waals surface area contributed by atoms with Gasteiger partial charge in [0.25, 0.3) is 0 Å². The van der Waals surface area contributed by atoms with Gasteiger partial charge in [0.15, 0.2) is 5.78 Å². The Balaban J connectivity index is 0.00000441. The van der Waals surface area contributed by atoms with Gasteiger partial charge in [0.05, 0.1) is 11.6 Å². The molecule has 0 radical (unpaired) electrons. The van der Waals surface area contributed by atoms with E-state index in [-0.39, 0.29) is 43.2 Å². The third kappa shape index (κ3) is 6.60. The Hall–Kier alpha value is -0.900. The molecule has 4 heteroatoms. The molecule has 1 aliphatic carbocycles. The third-order valence-corrected chi connectivity index (χ3v) is 3.95. The number of Topliss-reactive ketones (excluding diaryl/α,β-unsaturated/α-hetero) is 1. The Morgan fingerprint density at radius 2 is 1.76 bits per heavy atom. The van der Waals surface area contributed by atoms with Crippen molar-refractivity contribution < 1.29 is 15.8 Å². The molecule has 1 saturated carbocycles. The van der Waals surface area contributed by atoms with Crippen LogP contribution in [0.4, 0.5) is 0 Å². The Morgan fingerprint density at radius 1 is 1.19 bits per heavy atom. The molecule has 124 valence electrons. The summed E-state index contributed by atoms with van der Waals surface area (Å²) in [5.41, 5.74) is -0.347. The fourth-order valence-corrected chi connectivity index (χ4v) is 2.75. The molecule has 4 nitrogen and oxygen atoms in total. The molecule has 1 rings (SSSR count). The number of amides is 1. The van der Waals surface area contributed by atoms with E-state index in [0.29, 0.717) is 0 Å². The summed E-state index contributed by atoms with van der Waals surface area (Å²) >= 11 is 0. The van der Waals surface area contributed by atoms with Crippen molar-refractivity contribution in [3.63, 3.8) is 0 Å². The first-order chi connectivity index (χ1) is 9.70. The quantitative estimate of drug-likeness (QED) is 0.818. The van der Waals surface area contributed by atoms with Crippen molar-refractivity contribution >= 4 is 11.7 Å². The SMILES string of the molecule is CC(C)C(=O)[C@H](NC(=O)COC(C)(C)C)C1CCCCC1.[HH]. The average Bonchev–Trinajstić information content (AvgIpc) is 2.42. The lowest BCUT2D eigenvalue weighted by Gasteiger charge is -2.31. The van der Waals surface area contributed by atoms with Gasteiger partial charge < -0.3 is 10.1 Å². The first-order valence-corrected chi connectivity index (χ1v) is 8.18. The summed E-state index contributed by atoms with van der Waals surface area (Å²) in [5.74, 6) is 0.188. The Kier molecular flexibility index (Phi) is 6.85. The van der Waals surface area contributed by atoms with Gasteiger partial charge in [-0.15, -0.1) is 0 Å². The van der Waals surface area contributed by atoms with E-state index in [2.05, 4.69) is 5.32 Å². The van der Waals surface area contributed by atoms with Crippen LogP contribution in [0.1, 0.15) is 68.1 Å². The number of carbonyl (C=O) groups is 2. The third-order valence-electron chi connectivity index (χ3n) is 3.95. The molecular weight excluding hydrogens is 266 g/mol. The minimum absolute atomic E-state index is 0. The van der Waals surface area contributed by atoms with Gasteiger partial charge in [-0.05, 0) is 39.5 Å². The van der Waals surface area contributed by atoms with Crippen LogP contribution in [-0.2, 0) is 14.3 Å². The molecule has 0 aromatic rings. The lowest BCUT2D eigenvalue weighted by molar-refractivity contribution is -0.136. The minimum Gasteiger partial charge on any atom is -0.366 e. The standard InChI is InChI=1S/C17H31NO3.H2/c1-12(2)16(20)15(13-9-7-6-8-10-13)18-14(19)11-21-17(3,4)5;/h12-13,15H,6-11H2,1-5H3,(H,18,19);1H/t15-;/m1./s1. The van der Waals surface area contributed by atoms with Crippen molar-refractivity contribution in [1.29, 1.82) is 0 Å². The predicted octanol–water partition coefficient (Wildman–Crippen LogP) is 3.34. The summed E-state index contributed by atoms with van der Waals surface area (Å²) < 4.78 is 5.50. The first kappa shape index (κ1) is 18.1. The van der Waals surface area contributed by atoms with Crippen molar-refractivity contribution in [3.05, 3.63) is 0 Å². The monoisotopic (exact) mass is 299 g/mol. The van der Waals surface area contributed by atoms with Gasteiger partial charge in [-0.1, -0.05) is 33.1 Å². The Bertz CT molecular complexity index is 357. The Labute approximate surface area is 130 Å². The minimum atomic E-state index is -0.347. The molecule has 1 amide bonds. The van der Waals surface area contributed by atoms with Crippen LogP contribution in [0.15, 0.2) is 0 Å². The van der Waals surface area contributed by atoms with Crippen molar-refractivity contribution in [2.24, 2.45) is 11.8 Å². The maximum Gasteiger partial charge on any atom is 0.246 e. The summed E-state index contributed by atoms with van der Waals surface area (Å²) in [6.45, 7) is 9.55. The van der Waals surface area contributed by atoms with Gasteiger partial charge in [0, 0.05) is 7.34 Å². The topological polar surface area (TPSA) is 55.4 Å². The molecule has 1 N–H and O–H groups in total. The van der Waals surface area contributed by atoms with E-state index in [4.69, 9.17) is 4.74 Å². The zero-order valence-electron chi connectivity index (χ0n) is 14.2. The van der Waals surface area contributed by atoms with E-state index < -0.39 is 0 Å². The van der Waals surface area contributed by atoms with Crippen LogP contribution in [-0.4, -0.2) is 29.9 Å². The molecule has 0 spiro atoms. The molecule has 0 aromatic carbocycles. The molecule has 0 saturated heterocycles. The summed E-state index contributed by atoms with van der Waals surface area (Å²) in [5, 5.41) is 2.93. The maximum absolute atomic E-state index is 12.4. The molecule has 0 bridgehead atoms.